The maximum absolute atomic E-state index is 13.4. The first-order valence-electron chi connectivity index (χ1n) is 9.54. The lowest BCUT2D eigenvalue weighted by Crippen LogP contribution is -2.14. The molecule has 1 amide bonds. The van der Waals surface area contributed by atoms with Gasteiger partial charge >= 0.3 is 0 Å². The monoisotopic (exact) mass is 413 g/mol. The van der Waals surface area contributed by atoms with E-state index in [9.17, 15) is 9.18 Å². The number of rotatable bonds is 4. The van der Waals surface area contributed by atoms with Gasteiger partial charge in [0.05, 0.1) is 16.8 Å². The summed E-state index contributed by atoms with van der Waals surface area (Å²) in [4.78, 5) is 12.6. The smallest absolute Gasteiger partial charge is 0.278 e. The highest BCUT2D eigenvalue weighted by Crippen LogP contribution is 2.30. The van der Waals surface area contributed by atoms with Crippen molar-refractivity contribution in [1.82, 2.24) is 20.2 Å². The average molecular weight is 413 g/mol. The largest absolute Gasteiger partial charge is 0.355 e. The van der Waals surface area contributed by atoms with E-state index in [1.165, 1.54) is 18.2 Å². The van der Waals surface area contributed by atoms with E-state index >= 15 is 0 Å². The summed E-state index contributed by atoms with van der Waals surface area (Å²) in [6, 6.07) is 20.9. The third-order valence-corrected chi connectivity index (χ3v) is 4.93. The summed E-state index contributed by atoms with van der Waals surface area (Å²) in [5.41, 5.74) is 3.38. The van der Waals surface area contributed by atoms with E-state index < -0.39 is 11.7 Å². The molecular weight excluding hydrogens is 397 g/mol. The van der Waals surface area contributed by atoms with Crippen molar-refractivity contribution in [3.8, 4) is 17.0 Å². The highest BCUT2D eigenvalue weighted by molar-refractivity contribution is 6.03. The van der Waals surface area contributed by atoms with Crippen molar-refractivity contribution >= 4 is 22.5 Å². The molecular formula is C23H16FN5O2. The number of benzene rings is 3. The Kier molecular flexibility index (Phi) is 4.51. The Balaban J connectivity index is 1.50. The number of anilines is 1. The summed E-state index contributed by atoms with van der Waals surface area (Å²) < 4.78 is 20.5. The molecule has 0 radical (unpaired) electrons. The number of nitrogens with zero attached hydrogens (tertiary/aromatic N) is 4. The van der Waals surface area contributed by atoms with Crippen LogP contribution in [0.4, 0.5) is 10.1 Å². The second-order valence-corrected chi connectivity index (χ2v) is 6.98. The maximum Gasteiger partial charge on any atom is 0.278 e. The first-order valence-corrected chi connectivity index (χ1v) is 9.54. The second-order valence-electron chi connectivity index (χ2n) is 6.98. The van der Waals surface area contributed by atoms with Gasteiger partial charge in [0, 0.05) is 11.3 Å². The number of aromatic nitrogens is 4. The highest BCUT2D eigenvalue weighted by atomic mass is 19.1. The van der Waals surface area contributed by atoms with Crippen LogP contribution < -0.4 is 5.32 Å². The Morgan fingerprint density at radius 3 is 2.68 bits per heavy atom. The van der Waals surface area contributed by atoms with Gasteiger partial charge in [-0.15, -0.1) is 5.10 Å². The molecule has 0 saturated carbocycles. The fourth-order valence-electron chi connectivity index (χ4n) is 3.40. The summed E-state index contributed by atoms with van der Waals surface area (Å²) in [7, 11) is 0. The Morgan fingerprint density at radius 2 is 1.87 bits per heavy atom. The summed E-state index contributed by atoms with van der Waals surface area (Å²) in [5, 5.41) is 15.8. The van der Waals surface area contributed by atoms with Gasteiger partial charge in [0.15, 0.2) is 11.5 Å². The minimum atomic E-state index is -0.467. The van der Waals surface area contributed by atoms with Gasteiger partial charge in [0.2, 0.25) is 0 Å². The number of halogens is 1. The zero-order chi connectivity index (χ0) is 21.4. The molecule has 31 heavy (non-hydrogen) atoms. The quantitative estimate of drug-likeness (QED) is 0.458. The van der Waals surface area contributed by atoms with Crippen LogP contribution in [0.2, 0.25) is 0 Å². The van der Waals surface area contributed by atoms with Crippen LogP contribution in [0.1, 0.15) is 16.2 Å². The molecule has 1 N–H and O–H groups in total. The van der Waals surface area contributed by atoms with Crippen molar-refractivity contribution in [1.29, 1.82) is 0 Å². The van der Waals surface area contributed by atoms with Gasteiger partial charge in [-0.1, -0.05) is 46.8 Å². The van der Waals surface area contributed by atoms with Crippen LogP contribution in [0.3, 0.4) is 0 Å². The third-order valence-electron chi connectivity index (χ3n) is 4.93. The second kappa shape index (κ2) is 7.49. The lowest BCUT2D eigenvalue weighted by atomic mass is 10.1. The molecule has 8 heteroatoms. The summed E-state index contributed by atoms with van der Waals surface area (Å²) in [6.07, 6.45) is 0. The van der Waals surface area contributed by atoms with Crippen molar-refractivity contribution in [3.63, 3.8) is 0 Å². The van der Waals surface area contributed by atoms with Gasteiger partial charge in [0.1, 0.15) is 11.3 Å². The van der Waals surface area contributed by atoms with Crippen molar-refractivity contribution in [2.75, 3.05) is 5.32 Å². The van der Waals surface area contributed by atoms with E-state index in [2.05, 4.69) is 20.8 Å². The van der Waals surface area contributed by atoms with Crippen molar-refractivity contribution in [2.24, 2.45) is 0 Å². The van der Waals surface area contributed by atoms with Gasteiger partial charge in [-0.05, 0) is 43.3 Å². The Hall–Kier alpha value is -4.33. The van der Waals surface area contributed by atoms with Crippen LogP contribution in [0.15, 0.2) is 77.3 Å². The van der Waals surface area contributed by atoms with Gasteiger partial charge < -0.3 is 9.84 Å². The first kappa shape index (κ1) is 18.7. The van der Waals surface area contributed by atoms with Crippen LogP contribution in [0.5, 0.6) is 0 Å². The fraction of sp³-hybridized carbons (Fsp3) is 0.0435. The Bertz CT molecular complexity index is 1410. The number of nitrogens with one attached hydrogen (secondary N) is 1. The molecule has 0 atom stereocenters. The maximum atomic E-state index is 13.4. The van der Waals surface area contributed by atoms with Crippen LogP contribution in [0.25, 0.3) is 27.9 Å². The first-order chi connectivity index (χ1) is 15.1. The lowest BCUT2D eigenvalue weighted by molar-refractivity contribution is 0.102. The SMILES string of the molecule is Cc1c(C(=O)Nc2cccc(F)c2)nnn1-c1ccc2noc(-c3ccccc3)c2c1. The molecule has 3 aromatic carbocycles. The van der Waals surface area contributed by atoms with Crippen LogP contribution in [0, 0.1) is 12.7 Å². The number of fused-ring (bicyclic) bond motifs is 1. The number of carbonyl (C=O) groups excluding carboxylic acids is 1. The topological polar surface area (TPSA) is 85.8 Å². The van der Waals surface area contributed by atoms with E-state index in [1.807, 2.05) is 48.5 Å². The van der Waals surface area contributed by atoms with E-state index in [4.69, 9.17) is 4.52 Å². The molecule has 5 rings (SSSR count). The zero-order valence-electron chi connectivity index (χ0n) is 16.4. The third kappa shape index (κ3) is 3.44. The van der Waals surface area contributed by atoms with E-state index in [-0.39, 0.29) is 5.69 Å². The Labute approximate surface area is 176 Å². The predicted octanol–water partition coefficient (Wildman–Crippen LogP) is 4.78. The van der Waals surface area contributed by atoms with Crippen molar-refractivity contribution in [2.45, 2.75) is 6.92 Å². The predicted molar refractivity (Wildman–Crippen MR) is 113 cm³/mol. The van der Waals surface area contributed by atoms with Crippen molar-refractivity contribution < 1.29 is 13.7 Å². The molecule has 0 aliphatic rings. The number of hydrogen-bond acceptors (Lipinski definition) is 5. The molecule has 0 aliphatic heterocycles. The molecule has 2 aromatic heterocycles. The van der Waals surface area contributed by atoms with Gasteiger partial charge in [0.25, 0.3) is 5.91 Å². The summed E-state index contributed by atoms with van der Waals surface area (Å²) in [6.45, 7) is 1.75. The van der Waals surface area contributed by atoms with Crippen LogP contribution in [-0.4, -0.2) is 26.1 Å². The normalized spacial score (nSPS) is 11.0. The van der Waals surface area contributed by atoms with Gasteiger partial charge in [-0.2, -0.15) is 0 Å². The summed E-state index contributed by atoms with van der Waals surface area (Å²) >= 11 is 0. The molecule has 0 saturated heterocycles. The van der Waals surface area contributed by atoms with Crippen LogP contribution in [-0.2, 0) is 0 Å². The zero-order valence-corrected chi connectivity index (χ0v) is 16.4. The van der Waals surface area contributed by atoms with E-state index in [0.717, 1.165) is 10.9 Å². The molecule has 0 unspecified atom stereocenters. The lowest BCUT2D eigenvalue weighted by Gasteiger charge is -2.05. The molecule has 0 aliphatic carbocycles. The van der Waals surface area contributed by atoms with Crippen LogP contribution >= 0.6 is 0 Å². The van der Waals surface area contributed by atoms with Gasteiger partial charge in [-0.3, -0.25) is 4.79 Å². The molecule has 0 bridgehead atoms. The highest BCUT2D eigenvalue weighted by Gasteiger charge is 2.19. The molecule has 0 fully saturated rings. The Morgan fingerprint density at radius 1 is 1.03 bits per heavy atom. The average Bonchev–Trinajstić information content (AvgIpc) is 3.37. The fourth-order valence-corrected chi connectivity index (χ4v) is 3.40. The summed E-state index contributed by atoms with van der Waals surface area (Å²) in [5.74, 6) is -0.251. The van der Waals surface area contributed by atoms with Gasteiger partial charge in [-0.25, -0.2) is 9.07 Å². The standard InChI is InChI=1S/C23H16FN5O2/c1-14-21(23(30)25-17-9-5-8-16(24)12-17)26-28-29(14)18-10-11-20-19(13-18)22(31-27-20)15-6-3-2-4-7-15/h2-13H,1H3,(H,25,30). The molecule has 0 spiro atoms. The number of hydrogen-bond donors (Lipinski definition) is 1. The molecule has 7 nitrogen and oxygen atoms in total. The van der Waals surface area contributed by atoms with Crippen molar-refractivity contribution in [3.05, 3.63) is 90.0 Å². The molecule has 152 valence electrons. The number of carbonyl (C=O) groups is 1. The molecule has 2 heterocycles. The minimum Gasteiger partial charge on any atom is -0.355 e. The minimum absolute atomic E-state index is 0.151. The number of amides is 1. The van der Waals surface area contributed by atoms with E-state index in [1.54, 1.807) is 17.7 Å². The van der Waals surface area contributed by atoms with E-state index in [0.29, 0.717) is 28.3 Å². The molecule has 5 aromatic rings.